The van der Waals surface area contributed by atoms with Gasteiger partial charge < -0.3 is 30.2 Å². The Hall–Kier alpha value is -3.51. The molecular weight excluding hydrogens is 491 g/mol. The van der Waals surface area contributed by atoms with E-state index in [1.54, 1.807) is 17.0 Å². The number of hydrogen-bond donors (Lipinski definition) is 3. The predicted octanol–water partition coefficient (Wildman–Crippen LogP) is 4.01. The highest BCUT2D eigenvalue weighted by atomic mass is 19.4. The number of nitrogens with one attached hydrogen (secondary N) is 3. The van der Waals surface area contributed by atoms with E-state index in [1.807, 2.05) is 18.7 Å². The molecule has 0 bridgehead atoms. The van der Waals surface area contributed by atoms with Crippen LogP contribution in [0.15, 0.2) is 22.7 Å². The number of carbonyl (C=O) groups excluding carboxylic acids is 2. The molecule has 3 N–H and O–H groups in total. The minimum atomic E-state index is -4.83. The summed E-state index contributed by atoms with van der Waals surface area (Å²) in [6.07, 6.45) is 0.693. The molecule has 4 rings (SSSR count). The number of rotatable bonds is 6. The van der Waals surface area contributed by atoms with Crippen LogP contribution in [-0.2, 0) is 6.18 Å². The zero-order valence-electron chi connectivity index (χ0n) is 20.9. The number of carbonyl (C=O) groups is 2. The van der Waals surface area contributed by atoms with Crippen molar-refractivity contribution in [1.82, 2.24) is 20.6 Å². The van der Waals surface area contributed by atoms with E-state index in [2.05, 4.69) is 25.9 Å². The fourth-order valence-corrected chi connectivity index (χ4v) is 4.45. The van der Waals surface area contributed by atoms with Gasteiger partial charge in [-0.25, -0.2) is 9.78 Å². The molecule has 4 heterocycles. The number of hydrogen-bond acceptors (Lipinski definition) is 7. The highest BCUT2D eigenvalue weighted by Crippen LogP contribution is 2.35. The quantitative estimate of drug-likeness (QED) is 0.524. The van der Waals surface area contributed by atoms with Gasteiger partial charge in [0.25, 0.3) is 11.9 Å². The first kappa shape index (κ1) is 26.6. The summed E-state index contributed by atoms with van der Waals surface area (Å²) in [5, 5.41) is 8.21. The second-order valence-electron chi connectivity index (χ2n) is 9.61. The molecule has 37 heavy (non-hydrogen) atoms. The number of pyridine rings is 1. The fourth-order valence-electron chi connectivity index (χ4n) is 4.45. The molecule has 10 nitrogen and oxygen atoms in total. The smallest absolute Gasteiger partial charge is 0.417 e. The Kier molecular flexibility index (Phi) is 8.08. The maximum atomic E-state index is 13.6. The van der Waals surface area contributed by atoms with E-state index in [0.717, 1.165) is 32.1 Å². The first-order valence-electron chi connectivity index (χ1n) is 12.5. The third kappa shape index (κ3) is 6.83. The lowest BCUT2D eigenvalue weighted by Crippen LogP contribution is -2.49. The van der Waals surface area contributed by atoms with Crippen molar-refractivity contribution < 1.29 is 27.2 Å². The van der Waals surface area contributed by atoms with Crippen molar-refractivity contribution in [3.63, 3.8) is 0 Å². The predicted molar refractivity (Wildman–Crippen MR) is 132 cm³/mol. The lowest BCUT2D eigenvalue weighted by atomic mass is 10.1. The van der Waals surface area contributed by atoms with Crippen LogP contribution in [0.3, 0.4) is 0 Å². The number of nitrogens with zero attached hydrogens (tertiary/aromatic N) is 4. The van der Waals surface area contributed by atoms with Crippen LogP contribution in [0.25, 0.3) is 0 Å². The molecule has 0 unspecified atom stereocenters. The second kappa shape index (κ2) is 11.3. The highest BCUT2D eigenvalue weighted by molar-refractivity contribution is 6.03. The summed E-state index contributed by atoms with van der Waals surface area (Å²) < 4.78 is 46.0. The number of aromatic nitrogens is 2. The number of oxazole rings is 1. The second-order valence-corrected chi connectivity index (χ2v) is 9.61. The van der Waals surface area contributed by atoms with Gasteiger partial charge in [0.15, 0.2) is 5.69 Å². The zero-order chi connectivity index (χ0) is 26.6. The van der Waals surface area contributed by atoms with Gasteiger partial charge in [0.05, 0.1) is 11.9 Å². The minimum Gasteiger partial charge on any atom is -0.417 e. The van der Waals surface area contributed by atoms with Crippen molar-refractivity contribution in [2.75, 3.05) is 41.3 Å². The Morgan fingerprint density at radius 1 is 1.05 bits per heavy atom. The number of anilines is 3. The average molecular weight is 524 g/mol. The first-order chi connectivity index (χ1) is 17.6. The third-order valence-electron chi connectivity index (χ3n) is 6.30. The van der Waals surface area contributed by atoms with Gasteiger partial charge in [-0.3, -0.25) is 4.79 Å². The summed E-state index contributed by atoms with van der Waals surface area (Å²) in [6.45, 7) is 6.21. The van der Waals surface area contributed by atoms with Crippen molar-refractivity contribution in [2.24, 2.45) is 0 Å². The van der Waals surface area contributed by atoms with Crippen LogP contribution in [0, 0.1) is 0 Å². The van der Waals surface area contributed by atoms with E-state index in [1.165, 1.54) is 6.20 Å². The van der Waals surface area contributed by atoms with Crippen molar-refractivity contribution in [3.8, 4) is 0 Å². The highest BCUT2D eigenvalue weighted by Gasteiger charge is 2.42. The van der Waals surface area contributed by atoms with Crippen LogP contribution in [-0.4, -0.2) is 60.2 Å². The Labute approximate surface area is 213 Å². The van der Waals surface area contributed by atoms with Gasteiger partial charge in [-0.15, -0.1) is 0 Å². The third-order valence-corrected chi connectivity index (χ3v) is 6.30. The standard InChI is InChI=1S/C24H32F3N7O3/c1-15(2)29-22(36)31-16-8-12-33(13-9-16)18-7-6-17(14-28-18)30-21(35)19-20(24(25,26)27)32-23(37-19)34-10-4-3-5-11-34/h6-7,14-16H,3-5,8-13H2,1-2H3,(H,30,35)(H2,29,31,36). The summed E-state index contributed by atoms with van der Waals surface area (Å²) in [5.41, 5.74) is -1.10. The van der Waals surface area contributed by atoms with Gasteiger partial charge in [-0.1, -0.05) is 0 Å². The lowest BCUT2D eigenvalue weighted by molar-refractivity contribution is -0.141. The van der Waals surface area contributed by atoms with Gasteiger partial charge >= 0.3 is 12.2 Å². The van der Waals surface area contributed by atoms with Crippen molar-refractivity contribution in [2.45, 2.75) is 64.2 Å². The minimum absolute atomic E-state index is 0.0594. The van der Waals surface area contributed by atoms with Crippen molar-refractivity contribution in [1.29, 1.82) is 0 Å². The molecule has 0 atom stereocenters. The summed E-state index contributed by atoms with van der Waals surface area (Å²) in [7, 11) is 0. The molecule has 202 valence electrons. The normalized spacial score (nSPS) is 17.1. The monoisotopic (exact) mass is 523 g/mol. The van der Waals surface area contributed by atoms with Crippen LogP contribution >= 0.6 is 0 Å². The van der Waals surface area contributed by atoms with E-state index >= 15 is 0 Å². The van der Waals surface area contributed by atoms with Crippen LogP contribution in [0.4, 0.5) is 35.5 Å². The molecule has 0 aromatic carbocycles. The molecule has 0 saturated carbocycles. The van der Waals surface area contributed by atoms with Gasteiger partial charge in [0, 0.05) is 38.3 Å². The molecule has 3 amide bonds. The summed E-state index contributed by atoms with van der Waals surface area (Å²) in [4.78, 5) is 36.3. The molecule has 2 aliphatic heterocycles. The zero-order valence-corrected chi connectivity index (χ0v) is 20.9. The van der Waals surface area contributed by atoms with Gasteiger partial charge in [-0.2, -0.15) is 18.2 Å². The molecule has 0 aliphatic carbocycles. The van der Waals surface area contributed by atoms with E-state index < -0.39 is 23.5 Å². The van der Waals surface area contributed by atoms with Crippen LogP contribution in [0.2, 0.25) is 0 Å². The SMILES string of the molecule is CC(C)NC(=O)NC1CCN(c2ccc(NC(=O)c3oc(N4CCCCC4)nc3C(F)(F)F)cn2)CC1. The maximum Gasteiger partial charge on any atom is 0.437 e. The molecule has 2 aromatic heterocycles. The number of urea groups is 1. The Morgan fingerprint density at radius 2 is 1.76 bits per heavy atom. The van der Waals surface area contributed by atoms with Crippen LogP contribution in [0.1, 0.15) is 62.2 Å². The molecule has 0 radical (unpaired) electrons. The molecule has 0 spiro atoms. The van der Waals surface area contributed by atoms with E-state index in [0.29, 0.717) is 32.0 Å². The van der Waals surface area contributed by atoms with Crippen molar-refractivity contribution in [3.05, 3.63) is 29.8 Å². The van der Waals surface area contributed by atoms with Crippen molar-refractivity contribution >= 4 is 29.5 Å². The molecule has 2 fully saturated rings. The largest absolute Gasteiger partial charge is 0.437 e. The average Bonchev–Trinajstić information content (AvgIpc) is 3.32. The number of piperidine rings is 2. The van der Waals surface area contributed by atoms with Gasteiger partial charge in [-0.05, 0) is 58.1 Å². The van der Waals surface area contributed by atoms with Gasteiger partial charge in [0.2, 0.25) is 5.76 Å². The summed E-state index contributed by atoms with van der Waals surface area (Å²) >= 11 is 0. The first-order valence-corrected chi connectivity index (χ1v) is 12.5. The lowest BCUT2D eigenvalue weighted by Gasteiger charge is -2.33. The van der Waals surface area contributed by atoms with Crippen LogP contribution < -0.4 is 25.8 Å². The Bertz CT molecular complexity index is 1070. The van der Waals surface area contributed by atoms with Crippen LogP contribution in [0.5, 0.6) is 0 Å². The molecular formula is C24H32F3N7O3. The summed E-state index contributed by atoms with van der Waals surface area (Å²) in [6, 6.07) is 3.02. The molecule has 2 aliphatic rings. The molecule has 2 saturated heterocycles. The molecule has 13 heteroatoms. The molecule has 2 aromatic rings. The topological polar surface area (TPSA) is 116 Å². The Morgan fingerprint density at radius 3 is 2.35 bits per heavy atom. The number of halogens is 3. The number of amides is 3. The fraction of sp³-hybridized carbons (Fsp3) is 0.583. The maximum absolute atomic E-state index is 13.6. The van der Waals surface area contributed by atoms with E-state index in [9.17, 15) is 22.8 Å². The number of alkyl halides is 3. The Balaban J connectivity index is 1.36. The summed E-state index contributed by atoms with van der Waals surface area (Å²) in [5.74, 6) is -1.23. The van der Waals surface area contributed by atoms with Gasteiger partial charge in [0.1, 0.15) is 5.82 Å². The van der Waals surface area contributed by atoms with E-state index in [4.69, 9.17) is 4.42 Å². The van der Waals surface area contributed by atoms with E-state index in [-0.39, 0.29) is 29.8 Å².